The molecule has 1 aromatic carbocycles. The van der Waals surface area contributed by atoms with Crippen molar-refractivity contribution in [3.8, 4) is 0 Å². The van der Waals surface area contributed by atoms with E-state index in [-0.39, 0.29) is 11.8 Å². The number of carbonyl (C=O) groups excluding carboxylic acids is 2. The van der Waals surface area contributed by atoms with E-state index < -0.39 is 0 Å². The fourth-order valence-corrected chi connectivity index (χ4v) is 6.40. The molecule has 1 aliphatic carbocycles. The van der Waals surface area contributed by atoms with Gasteiger partial charge in [0.25, 0.3) is 11.8 Å². The van der Waals surface area contributed by atoms with Crippen LogP contribution in [0.4, 0.5) is 0 Å². The molecule has 1 saturated carbocycles. The van der Waals surface area contributed by atoms with Gasteiger partial charge in [0.1, 0.15) is 0 Å². The average molecular weight is 438 g/mol. The molecule has 2 amide bonds. The molecule has 0 N–H and O–H groups in total. The van der Waals surface area contributed by atoms with E-state index >= 15 is 0 Å². The van der Waals surface area contributed by atoms with E-state index in [1.54, 1.807) is 11.3 Å². The molecule has 0 spiro atoms. The Morgan fingerprint density at radius 3 is 2.32 bits per heavy atom. The van der Waals surface area contributed by atoms with Gasteiger partial charge in [-0.25, -0.2) is 0 Å². The molecule has 0 atom stereocenters. The minimum absolute atomic E-state index is 0.0733. The van der Waals surface area contributed by atoms with Crippen molar-refractivity contribution < 1.29 is 9.59 Å². The number of carbonyl (C=O) groups is 2. The number of nitrogens with zero attached hydrogens (tertiary/aromatic N) is 3. The second kappa shape index (κ2) is 9.13. The van der Waals surface area contributed by atoms with Crippen LogP contribution in [0.2, 0.25) is 0 Å². The van der Waals surface area contributed by atoms with Crippen LogP contribution in [0.5, 0.6) is 0 Å². The van der Waals surface area contributed by atoms with Crippen molar-refractivity contribution in [1.29, 1.82) is 0 Å². The Morgan fingerprint density at radius 2 is 1.58 bits per heavy atom. The standard InChI is InChI=1S/C25H31N3O2S/c29-24(19-7-3-1-4-8-19)28-12-11-22-20(18-28)17-23(31-22)25(30)27-15-13-26(14-16-27)21-9-5-2-6-10-21/h1,3-4,7-8,17,21H,2,5-6,9-16,18H2. The predicted octanol–water partition coefficient (Wildman–Crippen LogP) is 4.04. The summed E-state index contributed by atoms with van der Waals surface area (Å²) in [7, 11) is 0. The molecule has 0 bridgehead atoms. The third-order valence-corrected chi connectivity index (χ3v) is 8.30. The minimum Gasteiger partial charge on any atom is -0.335 e. The van der Waals surface area contributed by atoms with Gasteiger partial charge in [0.05, 0.1) is 4.88 Å². The van der Waals surface area contributed by atoms with Crippen LogP contribution in [0.1, 0.15) is 62.6 Å². The van der Waals surface area contributed by atoms with Gasteiger partial charge in [0.2, 0.25) is 0 Å². The summed E-state index contributed by atoms with van der Waals surface area (Å²) < 4.78 is 0. The van der Waals surface area contributed by atoms with Crippen LogP contribution in [-0.2, 0) is 13.0 Å². The highest BCUT2D eigenvalue weighted by Gasteiger charge is 2.30. The number of thiophene rings is 1. The van der Waals surface area contributed by atoms with E-state index in [0.29, 0.717) is 6.54 Å². The molecule has 1 saturated heterocycles. The highest BCUT2D eigenvalue weighted by atomic mass is 32.1. The van der Waals surface area contributed by atoms with Gasteiger partial charge in [-0.3, -0.25) is 14.5 Å². The summed E-state index contributed by atoms with van der Waals surface area (Å²) in [6.07, 6.45) is 7.57. The van der Waals surface area contributed by atoms with Gasteiger partial charge in [0, 0.05) is 55.8 Å². The second-order valence-corrected chi connectivity index (χ2v) is 10.2. The summed E-state index contributed by atoms with van der Waals surface area (Å²) in [5.41, 5.74) is 1.87. The normalized spacial score (nSPS) is 20.5. The fraction of sp³-hybridized carbons (Fsp3) is 0.520. The quantitative estimate of drug-likeness (QED) is 0.728. The molecule has 1 aromatic heterocycles. The number of benzene rings is 1. The maximum Gasteiger partial charge on any atom is 0.264 e. The first-order chi connectivity index (χ1) is 15.2. The third kappa shape index (κ3) is 4.41. The number of piperazine rings is 1. The van der Waals surface area contributed by atoms with Crippen molar-refractivity contribution in [1.82, 2.24) is 14.7 Å². The van der Waals surface area contributed by atoms with E-state index in [0.717, 1.165) is 61.2 Å². The molecule has 2 aromatic rings. The van der Waals surface area contributed by atoms with Crippen molar-refractivity contribution in [2.75, 3.05) is 32.7 Å². The first-order valence-electron chi connectivity index (χ1n) is 11.7. The lowest BCUT2D eigenvalue weighted by atomic mass is 9.94. The highest BCUT2D eigenvalue weighted by Crippen LogP contribution is 2.30. The fourth-order valence-electron chi connectivity index (χ4n) is 5.27. The Bertz CT molecular complexity index is 927. The summed E-state index contributed by atoms with van der Waals surface area (Å²) in [5.74, 6) is 0.243. The van der Waals surface area contributed by atoms with Crippen LogP contribution in [-0.4, -0.2) is 65.3 Å². The summed E-state index contributed by atoms with van der Waals surface area (Å²) in [6, 6.07) is 12.2. The number of hydrogen-bond donors (Lipinski definition) is 0. The van der Waals surface area contributed by atoms with Crippen LogP contribution in [0.15, 0.2) is 36.4 Å². The molecule has 0 unspecified atom stereocenters. The van der Waals surface area contributed by atoms with Gasteiger partial charge in [-0.1, -0.05) is 37.5 Å². The van der Waals surface area contributed by atoms with Gasteiger partial charge in [-0.05, 0) is 43.0 Å². The van der Waals surface area contributed by atoms with E-state index in [4.69, 9.17) is 0 Å². The van der Waals surface area contributed by atoms with E-state index in [9.17, 15) is 9.59 Å². The Hall–Kier alpha value is -2.18. The SMILES string of the molecule is O=C(c1ccccc1)N1CCc2sc(C(=O)N3CCN(C4CCCCC4)CC3)cc2C1. The first kappa shape index (κ1) is 20.7. The molecule has 5 nitrogen and oxygen atoms in total. The highest BCUT2D eigenvalue weighted by molar-refractivity contribution is 7.14. The van der Waals surface area contributed by atoms with Crippen LogP contribution < -0.4 is 0 Å². The predicted molar refractivity (Wildman–Crippen MR) is 124 cm³/mol. The van der Waals surface area contributed by atoms with Gasteiger partial charge in [0.15, 0.2) is 0 Å². The third-order valence-electron chi connectivity index (χ3n) is 7.08. The maximum atomic E-state index is 13.2. The van der Waals surface area contributed by atoms with Gasteiger partial charge in [-0.15, -0.1) is 11.3 Å². The van der Waals surface area contributed by atoms with Crippen molar-refractivity contribution >= 4 is 23.2 Å². The Morgan fingerprint density at radius 1 is 0.839 bits per heavy atom. The van der Waals surface area contributed by atoms with Crippen LogP contribution in [0.3, 0.4) is 0 Å². The molecule has 164 valence electrons. The van der Waals surface area contributed by atoms with Crippen molar-refractivity contribution in [2.24, 2.45) is 0 Å². The van der Waals surface area contributed by atoms with Crippen LogP contribution in [0.25, 0.3) is 0 Å². The molecule has 3 aliphatic rings. The van der Waals surface area contributed by atoms with Gasteiger partial charge >= 0.3 is 0 Å². The number of hydrogen-bond acceptors (Lipinski definition) is 4. The zero-order chi connectivity index (χ0) is 21.2. The lowest BCUT2D eigenvalue weighted by molar-refractivity contribution is 0.0527. The molecular weight excluding hydrogens is 406 g/mol. The molecule has 2 fully saturated rings. The Balaban J connectivity index is 1.20. The summed E-state index contributed by atoms with van der Waals surface area (Å²) in [4.78, 5) is 34.6. The zero-order valence-corrected chi connectivity index (χ0v) is 18.9. The summed E-state index contributed by atoms with van der Waals surface area (Å²) in [6.45, 7) is 4.98. The van der Waals surface area contributed by atoms with E-state index in [1.807, 2.05) is 46.2 Å². The van der Waals surface area contributed by atoms with Crippen LogP contribution >= 0.6 is 11.3 Å². The van der Waals surface area contributed by atoms with Gasteiger partial charge in [-0.2, -0.15) is 0 Å². The largest absolute Gasteiger partial charge is 0.335 e. The van der Waals surface area contributed by atoms with E-state index in [1.165, 1.54) is 37.0 Å². The van der Waals surface area contributed by atoms with Crippen molar-refractivity contribution in [3.63, 3.8) is 0 Å². The molecule has 6 heteroatoms. The lowest BCUT2D eigenvalue weighted by Gasteiger charge is -2.40. The molecule has 0 radical (unpaired) electrons. The van der Waals surface area contributed by atoms with Gasteiger partial charge < -0.3 is 9.80 Å². The smallest absolute Gasteiger partial charge is 0.264 e. The minimum atomic E-state index is 0.0733. The van der Waals surface area contributed by atoms with Crippen molar-refractivity contribution in [3.05, 3.63) is 57.3 Å². The number of fused-ring (bicyclic) bond motifs is 1. The molecule has 3 heterocycles. The Labute approximate surface area is 188 Å². The zero-order valence-electron chi connectivity index (χ0n) is 18.1. The summed E-state index contributed by atoms with van der Waals surface area (Å²) >= 11 is 1.63. The van der Waals surface area contributed by atoms with Crippen LogP contribution in [0, 0.1) is 0 Å². The maximum absolute atomic E-state index is 13.2. The molecule has 31 heavy (non-hydrogen) atoms. The number of amides is 2. The summed E-state index contributed by atoms with van der Waals surface area (Å²) in [5, 5.41) is 0. The van der Waals surface area contributed by atoms with E-state index in [2.05, 4.69) is 4.90 Å². The molecular formula is C25H31N3O2S. The Kier molecular flexibility index (Phi) is 6.10. The average Bonchev–Trinajstić information content (AvgIpc) is 3.28. The van der Waals surface area contributed by atoms with Crippen molar-refractivity contribution in [2.45, 2.75) is 51.1 Å². The second-order valence-electron chi connectivity index (χ2n) is 9.02. The number of rotatable bonds is 3. The first-order valence-corrected chi connectivity index (χ1v) is 12.5. The monoisotopic (exact) mass is 437 g/mol. The lowest BCUT2D eigenvalue weighted by Crippen LogP contribution is -2.52. The molecule has 5 rings (SSSR count). The topological polar surface area (TPSA) is 43.9 Å². The molecule has 2 aliphatic heterocycles.